The van der Waals surface area contributed by atoms with E-state index in [0.717, 1.165) is 12.2 Å². The van der Waals surface area contributed by atoms with Gasteiger partial charge < -0.3 is 0 Å². The quantitative estimate of drug-likeness (QED) is 0.756. The molecule has 2 heterocycles. The molecule has 1 aromatic heterocycles. The third-order valence-electron chi connectivity index (χ3n) is 3.10. The average Bonchev–Trinajstić information content (AvgIpc) is 2.47. The number of nitrogens with zero attached hydrogens (tertiary/aromatic N) is 3. The van der Waals surface area contributed by atoms with Gasteiger partial charge >= 0.3 is 0 Å². The molecule has 0 bridgehead atoms. The van der Waals surface area contributed by atoms with E-state index in [-0.39, 0.29) is 16.8 Å². The molecule has 0 amide bonds. The molecule has 4 nitrogen and oxygen atoms in total. The molecule has 3 rings (SSSR count). The van der Waals surface area contributed by atoms with E-state index >= 15 is 0 Å². The van der Waals surface area contributed by atoms with Crippen molar-refractivity contribution in [1.82, 2.24) is 9.55 Å². The van der Waals surface area contributed by atoms with E-state index in [1.165, 1.54) is 34.5 Å². The molecule has 1 aromatic carbocycles. The molecular weight excluding hydrogens is 277 g/mol. The van der Waals surface area contributed by atoms with Crippen molar-refractivity contribution < 1.29 is 4.39 Å². The minimum atomic E-state index is -0.418. The van der Waals surface area contributed by atoms with Gasteiger partial charge in [-0.25, -0.2) is 9.37 Å². The van der Waals surface area contributed by atoms with Crippen molar-refractivity contribution in [1.29, 1.82) is 5.26 Å². The minimum Gasteiger partial charge on any atom is -0.286 e. The van der Waals surface area contributed by atoms with Crippen LogP contribution >= 0.6 is 11.8 Å². The van der Waals surface area contributed by atoms with Crippen molar-refractivity contribution in [2.75, 3.05) is 5.75 Å². The topological polar surface area (TPSA) is 58.7 Å². The van der Waals surface area contributed by atoms with Crippen LogP contribution in [0.5, 0.6) is 0 Å². The van der Waals surface area contributed by atoms with Crippen LogP contribution in [0.15, 0.2) is 34.2 Å². The van der Waals surface area contributed by atoms with Crippen molar-refractivity contribution >= 4 is 11.8 Å². The summed E-state index contributed by atoms with van der Waals surface area (Å²) in [4.78, 5) is 16.7. The van der Waals surface area contributed by atoms with Crippen LogP contribution in [0.2, 0.25) is 0 Å². The maximum absolute atomic E-state index is 13.3. The fraction of sp³-hybridized carbons (Fsp3) is 0.214. The summed E-state index contributed by atoms with van der Waals surface area (Å²) in [5.74, 6) is 0.472. The summed E-state index contributed by atoms with van der Waals surface area (Å²) in [7, 11) is 0. The van der Waals surface area contributed by atoms with Crippen molar-refractivity contribution in [2.24, 2.45) is 0 Å². The second kappa shape index (κ2) is 5.10. The molecule has 100 valence electrons. The lowest BCUT2D eigenvalue weighted by molar-refractivity contribution is 0.562. The zero-order valence-corrected chi connectivity index (χ0v) is 11.3. The fourth-order valence-electron chi connectivity index (χ4n) is 2.17. The van der Waals surface area contributed by atoms with Crippen LogP contribution in [0.1, 0.15) is 12.0 Å². The Hall–Kier alpha value is -2.13. The zero-order chi connectivity index (χ0) is 14.1. The minimum absolute atomic E-state index is 0.0261. The van der Waals surface area contributed by atoms with Gasteiger partial charge in [0.2, 0.25) is 0 Å². The fourth-order valence-corrected chi connectivity index (χ4v) is 3.12. The number of rotatable bonds is 1. The average molecular weight is 287 g/mol. The lowest BCUT2D eigenvalue weighted by Gasteiger charge is -2.18. The van der Waals surface area contributed by atoms with Gasteiger partial charge in [-0.15, -0.1) is 0 Å². The number of hydrogen-bond donors (Lipinski definition) is 0. The number of hydrogen-bond acceptors (Lipinski definition) is 4. The van der Waals surface area contributed by atoms with Gasteiger partial charge in [0.15, 0.2) is 5.16 Å². The number of fused-ring (bicyclic) bond motifs is 1. The second-order valence-corrected chi connectivity index (χ2v) is 5.46. The second-order valence-electron chi connectivity index (χ2n) is 4.40. The molecule has 0 spiro atoms. The van der Waals surface area contributed by atoms with Crippen LogP contribution in [0, 0.1) is 17.1 Å². The molecule has 6 heteroatoms. The molecule has 0 unspecified atom stereocenters. The molecular formula is C14H10FN3OS. The van der Waals surface area contributed by atoms with Gasteiger partial charge in [0, 0.05) is 17.9 Å². The summed E-state index contributed by atoms with van der Waals surface area (Å²) in [5.41, 5.74) is 0.344. The van der Waals surface area contributed by atoms with Crippen LogP contribution in [0.4, 0.5) is 4.39 Å². The number of benzene rings is 1. The van der Waals surface area contributed by atoms with E-state index in [1.54, 1.807) is 6.07 Å². The Kier molecular flexibility index (Phi) is 3.28. The summed E-state index contributed by atoms with van der Waals surface area (Å²) >= 11 is 1.48. The van der Waals surface area contributed by atoms with Gasteiger partial charge in [-0.2, -0.15) is 5.26 Å². The van der Waals surface area contributed by atoms with Crippen molar-refractivity contribution in [3.63, 3.8) is 0 Å². The number of thioether (sulfide) groups is 1. The maximum atomic E-state index is 13.3. The lowest BCUT2D eigenvalue weighted by Crippen LogP contribution is -2.28. The van der Waals surface area contributed by atoms with Crippen molar-refractivity contribution in [3.05, 3.63) is 46.0 Å². The highest BCUT2D eigenvalue weighted by molar-refractivity contribution is 7.99. The van der Waals surface area contributed by atoms with Gasteiger partial charge in [-0.05, 0) is 18.6 Å². The number of halogens is 1. The first-order valence-corrected chi connectivity index (χ1v) is 7.13. The third-order valence-corrected chi connectivity index (χ3v) is 4.16. The zero-order valence-electron chi connectivity index (χ0n) is 10.5. The molecule has 0 atom stereocenters. The maximum Gasteiger partial charge on any atom is 0.272 e. The summed E-state index contributed by atoms with van der Waals surface area (Å²) in [6.45, 7) is 0.576. The summed E-state index contributed by atoms with van der Waals surface area (Å²) in [6.07, 6.45) is 0.878. The normalized spacial score (nSPS) is 13.6. The largest absolute Gasteiger partial charge is 0.286 e. The predicted molar refractivity (Wildman–Crippen MR) is 73.9 cm³/mol. The Morgan fingerprint density at radius 3 is 3.05 bits per heavy atom. The molecule has 0 saturated carbocycles. The molecule has 0 fully saturated rings. The Labute approximate surface area is 118 Å². The number of aromatic nitrogens is 2. The standard InChI is InChI=1S/C14H10FN3OS/c15-10-4-1-3-9(7-10)12-11(8-16)13(19)18-5-2-6-20-14(18)17-12/h1,3-4,7H,2,5-6H2. The van der Waals surface area contributed by atoms with Crippen molar-refractivity contribution in [3.8, 4) is 17.3 Å². The summed E-state index contributed by atoms with van der Waals surface area (Å²) in [6, 6.07) is 7.69. The molecule has 0 N–H and O–H groups in total. The Morgan fingerprint density at radius 2 is 2.30 bits per heavy atom. The molecule has 0 radical (unpaired) electrons. The highest BCUT2D eigenvalue weighted by Crippen LogP contribution is 2.26. The van der Waals surface area contributed by atoms with Gasteiger partial charge in [0.1, 0.15) is 17.4 Å². The van der Waals surface area contributed by atoms with Crippen LogP contribution in [-0.2, 0) is 6.54 Å². The SMILES string of the molecule is N#Cc1c(-c2cccc(F)c2)nc2n(c1=O)CCCS2. The van der Waals surface area contributed by atoms with Gasteiger partial charge in [0.05, 0.1) is 5.69 Å². The van der Waals surface area contributed by atoms with E-state index in [4.69, 9.17) is 0 Å². The van der Waals surface area contributed by atoms with Gasteiger partial charge in [0.25, 0.3) is 5.56 Å². The molecule has 1 aliphatic rings. The predicted octanol–water partition coefficient (Wildman–Crippen LogP) is 2.42. The molecule has 0 aliphatic carbocycles. The highest BCUT2D eigenvalue weighted by atomic mass is 32.2. The molecule has 2 aromatic rings. The van der Waals surface area contributed by atoms with Crippen LogP contribution in [-0.4, -0.2) is 15.3 Å². The first kappa shape index (κ1) is 12.9. The molecule has 20 heavy (non-hydrogen) atoms. The van der Waals surface area contributed by atoms with E-state index < -0.39 is 5.82 Å². The first-order valence-electron chi connectivity index (χ1n) is 6.14. The Bertz CT molecular complexity index is 779. The van der Waals surface area contributed by atoms with Crippen LogP contribution in [0.25, 0.3) is 11.3 Å². The highest BCUT2D eigenvalue weighted by Gasteiger charge is 2.20. The Balaban J connectivity index is 2.28. The summed E-state index contributed by atoms with van der Waals surface area (Å²) in [5, 5.41) is 9.82. The van der Waals surface area contributed by atoms with E-state index in [2.05, 4.69) is 4.98 Å². The Morgan fingerprint density at radius 1 is 1.45 bits per heavy atom. The van der Waals surface area contributed by atoms with Gasteiger partial charge in [-0.3, -0.25) is 9.36 Å². The van der Waals surface area contributed by atoms with E-state index in [9.17, 15) is 14.4 Å². The van der Waals surface area contributed by atoms with Crippen LogP contribution in [0.3, 0.4) is 0 Å². The van der Waals surface area contributed by atoms with E-state index in [0.29, 0.717) is 17.3 Å². The van der Waals surface area contributed by atoms with Crippen molar-refractivity contribution in [2.45, 2.75) is 18.1 Å². The smallest absolute Gasteiger partial charge is 0.272 e. The van der Waals surface area contributed by atoms with E-state index in [1.807, 2.05) is 6.07 Å². The number of nitriles is 1. The molecule has 1 aliphatic heterocycles. The monoisotopic (exact) mass is 287 g/mol. The van der Waals surface area contributed by atoms with Gasteiger partial charge in [-0.1, -0.05) is 23.9 Å². The summed E-state index contributed by atoms with van der Waals surface area (Å²) < 4.78 is 14.9. The molecule has 0 saturated heterocycles. The van der Waals surface area contributed by atoms with Crippen LogP contribution < -0.4 is 5.56 Å². The lowest BCUT2D eigenvalue weighted by atomic mass is 10.1. The first-order chi connectivity index (χ1) is 9.70. The third kappa shape index (κ3) is 2.10.